The van der Waals surface area contributed by atoms with Crippen LogP contribution in [0.25, 0.3) is 0 Å². The smallest absolute Gasteiger partial charge is 0.303 e. The van der Waals surface area contributed by atoms with E-state index in [0.29, 0.717) is 24.5 Å². The van der Waals surface area contributed by atoms with Gasteiger partial charge in [-0.25, -0.2) is 8.42 Å². The number of carbonyl (C=O) groups is 1. The lowest BCUT2D eigenvalue weighted by Gasteiger charge is -2.31. The van der Waals surface area contributed by atoms with Crippen LogP contribution >= 0.6 is 12.2 Å². The predicted octanol–water partition coefficient (Wildman–Crippen LogP) is 2.52. The normalized spacial score (nSPS) is 18.6. The summed E-state index contributed by atoms with van der Waals surface area (Å²) >= 11 is 5.51. The SMILES string of the molecule is O=C(O)CCCCCN(C(=S)Nc1ccccc1)[C@H]1CCS(=O)(=O)C1. The van der Waals surface area contributed by atoms with E-state index in [2.05, 4.69) is 5.32 Å². The Balaban J connectivity index is 1.96. The minimum Gasteiger partial charge on any atom is -0.481 e. The fraction of sp³-hybridized carbons (Fsp3) is 0.529. The summed E-state index contributed by atoms with van der Waals surface area (Å²) in [7, 11) is -3.00. The minimum atomic E-state index is -3.00. The number of benzene rings is 1. The Morgan fingerprint density at radius 2 is 1.96 bits per heavy atom. The fourth-order valence-electron chi connectivity index (χ4n) is 2.92. The van der Waals surface area contributed by atoms with Crippen LogP contribution in [0.15, 0.2) is 30.3 Å². The summed E-state index contributed by atoms with van der Waals surface area (Å²) < 4.78 is 23.6. The number of hydrogen-bond acceptors (Lipinski definition) is 4. The van der Waals surface area contributed by atoms with E-state index in [1.165, 1.54) is 0 Å². The lowest BCUT2D eigenvalue weighted by atomic mass is 10.1. The Bertz CT molecular complexity index is 692. The van der Waals surface area contributed by atoms with Crippen LogP contribution in [-0.4, -0.2) is 53.6 Å². The quantitative estimate of drug-likeness (QED) is 0.526. The van der Waals surface area contributed by atoms with Gasteiger partial charge in [0.25, 0.3) is 0 Å². The summed E-state index contributed by atoms with van der Waals surface area (Å²) in [5.74, 6) is -0.472. The van der Waals surface area contributed by atoms with Crippen molar-refractivity contribution >= 4 is 38.8 Å². The Morgan fingerprint density at radius 1 is 1.24 bits per heavy atom. The number of aliphatic carboxylic acids is 1. The monoisotopic (exact) mass is 384 g/mol. The van der Waals surface area contributed by atoms with Gasteiger partial charge in [0.1, 0.15) is 0 Å². The summed E-state index contributed by atoms with van der Waals surface area (Å²) in [5.41, 5.74) is 0.865. The second-order valence-electron chi connectivity index (χ2n) is 6.25. The molecule has 1 aromatic carbocycles. The number of nitrogens with one attached hydrogen (secondary N) is 1. The third kappa shape index (κ3) is 6.62. The van der Waals surface area contributed by atoms with Crippen LogP contribution in [0.3, 0.4) is 0 Å². The van der Waals surface area contributed by atoms with E-state index in [9.17, 15) is 13.2 Å². The molecule has 0 spiro atoms. The number of para-hydroxylation sites is 1. The van der Waals surface area contributed by atoms with E-state index in [4.69, 9.17) is 17.3 Å². The van der Waals surface area contributed by atoms with E-state index in [0.717, 1.165) is 18.5 Å². The van der Waals surface area contributed by atoms with Crippen molar-refractivity contribution in [2.45, 2.75) is 38.1 Å². The molecule has 1 fully saturated rings. The molecule has 8 heteroatoms. The number of carboxylic acid groups (broad SMARTS) is 1. The summed E-state index contributed by atoms with van der Waals surface area (Å²) in [6.07, 6.45) is 2.90. The average Bonchev–Trinajstić information content (AvgIpc) is 2.91. The highest BCUT2D eigenvalue weighted by Gasteiger charge is 2.33. The van der Waals surface area contributed by atoms with Gasteiger partial charge in [0.05, 0.1) is 11.5 Å². The number of rotatable bonds is 8. The molecule has 0 saturated carbocycles. The zero-order chi connectivity index (χ0) is 18.3. The molecular formula is C17H24N2O4S2. The Morgan fingerprint density at radius 3 is 2.56 bits per heavy atom. The van der Waals surface area contributed by atoms with Gasteiger partial charge in [0, 0.05) is 24.7 Å². The standard InChI is InChI=1S/C17H24N2O4S2/c20-16(21)9-5-2-6-11-19(15-10-12-25(22,23)13-15)17(24)18-14-7-3-1-4-8-14/h1,3-4,7-8,15H,2,5-6,9-13H2,(H,18,24)(H,20,21)/t15-/m0/s1. The van der Waals surface area contributed by atoms with Crippen LogP contribution in [0.5, 0.6) is 0 Å². The first kappa shape index (κ1) is 19.7. The van der Waals surface area contributed by atoms with Crippen molar-refractivity contribution in [2.75, 3.05) is 23.4 Å². The molecule has 25 heavy (non-hydrogen) atoms. The Hall–Kier alpha value is -1.67. The molecule has 1 heterocycles. The lowest BCUT2D eigenvalue weighted by molar-refractivity contribution is -0.137. The third-order valence-electron chi connectivity index (χ3n) is 4.22. The highest BCUT2D eigenvalue weighted by molar-refractivity contribution is 7.91. The van der Waals surface area contributed by atoms with Crippen LogP contribution in [0, 0.1) is 0 Å². The first-order valence-electron chi connectivity index (χ1n) is 8.42. The van der Waals surface area contributed by atoms with Gasteiger partial charge >= 0.3 is 5.97 Å². The molecule has 0 unspecified atom stereocenters. The highest BCUT2D eigenvalue weighted by Crippen LogP contribution is 2.20. The summed E-state index contributed by atoms with van der Waals surface area (Å²) in [4.78, 5) is 12.5. The molecule has 6 nitrogen and oxygen atoms in total. The molecule has 0 amide bonds. The molecule has 1 saturated heterocycles. The molecule has 1 aromatic rings. The number of carboxylic acids is 1. The predicted molar refractivity (Wildman–Crippen MR) is 103 cm³/mol. The fourth-order valence-corrected chi connectivity index (χ4v) is 5.01. The van der Waals surface area contributed by atoms with Crippen molar-refractivity contribution < 1.29 is 18.3 Å². The minimum absolute atomic E-state index is 0.117. The summed E-state index contributed by atoms with van der Waals surface area (Å²) in [6.45, 7) is 0.623. The second-order valence-corrected chi connectivity index (χ2v) is 8.87. The number of unbranched alkanes of at least 4 members (excludes halogenated alkanes) is 2. The van der Waals surface area contributed by atoms with Gasteiger partial charge in [-0.2, -0.15) is 0 Å². The highest BCUT2D eigenvalue weighted by atomic mass is 32.2. The third-order valence-corrected chi connectivity index (χ3v) is 6.31. The molecule has 138 valence electrons. The second kappa shape index (κ2) is 9.15. The zero-order valence-corrected chi connectivity index (χ0v) is 15.7. The average molecular weight is 385 g/mol. The summed E-state index contributed by atoms with van der Waals surface area (Å²) in [5, 5.41) is 12.4. The topological polar surface area (TPSA) is 86.7 Å². The van der Waals surface area contributed by atoms with Crippen molar-refractivity contribution in [3.63, 3.8) is 0 Å². The number of sulfone groups is 1. The van der Waals surface area contributed by atoms with Crippen molar-refractivity contribution in [3.05, 3.63) is 30.3 Å². The van der Waals surface area contributed by atoms with Crippen LogP contribution < -0.4 is 5.32 Å². The van der Waals surface area contributed by atoms with Crippen LogP contribution in [0.4, 0.5) is 5.69 Å². The van der Waals surface area contributed by atoms with Crippen molar-refractivity contribution in [3.8, 4) is 0 Å². The maximum atomic E-state index is 11.8. The van der Waals surface area contributed by atoms with Crippen LogP contribution in [0.1, 0.15) is 32.1 Å². The lowest BCUT2D eigenvalue weighted by Crippen LogP contribution is -2.44. The molecule has 0 aromatic heterocycles. The van der Waals surface area contributed by atoms with E-state index < -0.39 is 15.8 Å². The van der Waals surface area contributed by atoms with E-state index in [1.807, 2.05) is 35.2 Å². The van der Waals surface area contributed by atoms with Gasteiger partial charge < -0.3 is 15.3 Å². The molecule has 1 atom stereocenters. The zero-order valence-electron chi connectivity index (χ0n) is 14.1. The molecular weight excluding hydrogens is 360 g/mol. The molecule has 1 aliphatic heterocycles. The maximum Gasteiger partial charge on any atom is 0.303 e. The Kier molecular flexibility index (Phi) is 7.19. The molecule has 1 aliphatic rings. The number of thiocarbonyl (C=S) groups is 1. The van der Waals surface area contributed by atoms with Gasteiger partial charge in [0.2, 0.25) is 0 Å². The van der Waals surface area contributed by atoms with E-state index in [-0.39, 0.29) is 24.0 Å². The van der Waals surface area contributed by atoms with Gasteiger partial charge in [-0.05, 0) is 43.6 Å². The van der Waals surface area contributed by atoms with Gasteiger partial charge in [0.15, 0.2) is 14.9 Å². The van der Waals surface area contributed by atoms with Gasteiger partial charge in [-0.1, -0.05) is 24.6 Å². The summed E-state index contributed by atoms with van der Waals surface area (Å²) in [6, 6.07) is 9.42. The van der Waals surface area contributed by atoms with Gasteiger partial charge in [-0.3, -0.25) is 4.79 Å². The first-order chi connectivity index (χ1) is 11.9. The van der Waals surface area contributed by atoms with Crippen LogP contribution in [0.2, 0.25) is 0 Å². The number of hydrogen-bond donors (Lipinski definition) is 2. The van der Waals surface area contributed by atoms with Gasteiger partial charge in [-0.15, -0.1) is 0 Å². The van der Waals surface area contributed by atoms with Crippen molar-refractivity contribution in [1.82, 2.24) is 4.90 Å². The number of anilines is 1. The molecule has 2 N–H and O–H groups in total. The molecule has 0 radical (unpaired) electrons. The molecule has 0 bridgehead atoms. The van der Waals surface area contributed by atoms with Crippen LogP contribution in [-0.2, 0) is 14.6 Å². The molecule has 0 aliphatic carbocycles. The maximum absolute atomic E-state index is 11.8. The van der Waals surface area contributed by atoms with Crippen molar-refractivity contribution in [2.24, 2.45) is 0 Å². The van der Waals surface area contributed by atoms with E-state index in [1.54, 1.807) is 0 Å². The van der Waals surface area contributed by atoms with E-state index >= 15 is 0 Å². The Labute approximate surface area is 154 Å². The first-order valence-corrected chi connectivity index (χ1v) is 10.7. The largest absolute Gasteiger partial charge is 0.481 e. The molecule has 2 rings (SSSR count). The van der Waals surface area contributed by atoms with Crippen molar-refractivity contribution in [1.29, 1.82) is 0 Å². The number of nitrogens with zero attached hydrogens (tertiary/aromatic N) is 1.